The van der Waals surface area contributed by atoms with Crippen LogP contribution in [0.15, 0.2) is 146 Å². The summed E-state index contributed by atoms with van der Waals surface area (Å²) in [5.41, 5.74) is 0. The van der Waals surface area contributed by atoms with Crippen molar-refractivity contribution >= 4 is 17.9 Å². The molecule has 0 aromatic rings. The van der Waals surface area contributed by atoms with E-state index in [-0.39, 0.29) is 37.5 Å². The number of rotatable bonds is 47. The van der Waals surface area contributed by atoms with Crippen molar-refractivity contribution in [2.75, 3.05) is 13.2 Å². The normalized spacial score (nSPS) is 13.3. The van der Waals surface area contributed by atoms with E-state index in [1.54, 1.807) is 0 Å². The highest BCUT2D eigenvalue weighted by molar-refractivity contribution is 5.71. The van der Waals surface area contributed by atoms with Crippen LogP contribution in [0.4, 0.5) is 0 Å². The molecule has 1 unspecified atom stereocenters. The Morgan fingerprint density at radius 2 is 0.652 bits per heavy atom. The lowest BCUT2D eigenvalue weighted by molar-refractivity contribution is -0.167. The van der Waals surface area contributed by atoms with Gasteiger partial charge in [0.25, 0.3) is 0 Å². The van der Waals surface area contributed by atoms with Gasteiger partial charge in [0.2, 0.25) is 0 Å². The molecule has 0 aliphatic heterocycles. The zero-order valence-electron chi connectivity index (χ0n) is 44.0. The fraction of sp³-hybridized carbons (Fsp3) is 0.571. The van der Waals surface area contributed by atoms with Gasteiger partial charge >= 0.3 is 17.9 Å². The molecule has 0 fully saturated rings. The van der Waals surface area contributed by atoms with E-state index in [4.69, 9.17) is 14.2 Å². The summed E-state index contributed by atoms with van der Waals surface area (Å²) in [5.74, 6) is -1.04. The molecule has 0 saturated carbocycles. The molecule has 0 aromatic heterocycles. The van der Waals surface area contributed by atoms with E-state index in [1.165, 1.54) is 44.9 Å². The van der Waals surface area contributed by atoms with E-state index in [0.717, 1.165) is 122 Å². The zero-order valence-corrected chi connectivity index (χ0v) is 44.0. The molecule has 0 aliphatic rings. The Kier molecular flexibility index (Phi) is 52.1. The van der Waals surface area contributed by atoms with Gasteiger partial charge in [-0.25, -0.2) is 0 Å². The van der Waals surface area contributed by atoms with Crippen LogP contribution in [0.5, 0.6) is 0 Å². The van der Waals surface area contributed by atoms with Gasteiger partial charge < -0.3 is 14.2 Å². The summed E-state index contributed by atoms with van der Waals surface area (Å²) in [6, 6.07) is 0. The number of allylic oxidation sites excluding steroid dienone is 24. The minimum Gasteiger partial charge on any atom is -0.462 e. The first-order valence-electron chi connectivity index (χ1n) is 27.4. The Morgan fingerprint density at radius 1 is 0.319 bits per heavy atom. The van der Waals surface area contributed by atoms with Gasteiger partial charge in [-0.3, -0.25) is 14.4 Å². The number of unbranched alkanes of at least 4 members (excludes halogenated alkanes) is 15. The maximum Gasteiger partial charge on any atom is 0.306 e. The van der Waals surface area contributed by atoms with Crippen LogP contribution >= 0.6 is 0 Å². The number of ether oxygens (including phenoxy) is 3. The van der Waals surface area contributed by atoms with Gasteiger partial charge in [-0.1, -0.05) is 224 Å². The van der Waals surface area contributed by atoms with Crippen molar-refractivity contribution in [1.82, 2.24) is 0 Å². The van der Waals surface area contributed by atoms with Crippen LogP contribution in [-0.4, -0.2) is 37.2 Å². The molecule has 0 N–H and O–H groups in total. The molecule has 0 heterocycles. The summed E-state index contributed by atoms with van der Waals surface area (Å²) in [6.07, 6.45) is 79.8. The van der Waals surface area contributed by atoms with Crippen molar-refractivity contribution in [2.45, 2.75) is 219 Å². The molecule has 0 saturated heterocycles. The Balaban J connectivity index is 4.59. The first-order chi connectivity index (χ1) is 34.0. The number of esters is 3. The molecule has 0 aromatic carbocycles. The van der Waals surface area contributed by atoms with Gasteiger partial charge in [-0.2, -0.15) is 0 Å². The molecule has 6 nitrogen and oxygen atoms in total. The molecule has 0 bridgehead atoms. The summed E-state index contributed by atoms with van der Waals surface area (Å²) >= 11 is 0. The average Bonchev–Trinajstić information content (AvgIpc) is 3.35. The predicted octanol–water partition coefficient (Wildman–Crippen LogP) is 18.4. The Bertz CT molecular complexity index is 1560. The zero-order chi connectivity index (χ0) is 50.0. The van der Waals surface area contributed by atoms with E-state index < -0.39 is 6.10 Å². The molecule has 386 valence electrons. The van der Waals surface area contributed by atoms with Crippen LogP contribution in [0.3, 0.4) is 0 Å². The van der Waals surface area contributed by atoms with Gasteiger partial charge in [0.15, 0.2) is 6.10 Å². The minimum absolute atomic E-state index is 0.127. The molecule has 6 heteroatoms. The van der Waals surface area contributed by atoms with E-state index in [9.17, 15) is 14.4 Å². The molecule has 0 radical (unpaired) electrons. The van der Waals surface area contributed by atoms with Crippen LogP contribution in [0.25, 0.3) is 0 Å². The van der Waals surface area contributed by atoms with Crippen molar-refractivity contribution in [3.63, 3.8) is 0 Å². The maximum absolute atomic E-state index is 12.8. The Hall–Kier alpha value is -4.71. The molecule has 0 spiro atoms. The van der Waals surface area contributed by atoms with Crippen molar-refractivity contribution in [2.24, 2.45) is 0 Å². The standard InChI is InChI=1S/C63H98O6/c1-4-7-10-13-16-19-22-25-28-30-31-33-35-38-41-44-47-50-53-56-62(65)68-59-60(58-67-61(64)55-52-49-46-43-40-37-34-27-24-21-18-15-12-9-6-3)69-63(66)57-54-51-48-45-42-39-36-32-29-26-23-20-17-14-11-8-5-2/h7,9-10,12,15-16,18-19,21,24-29,31,33-34,36,38-39,41,45,48,60H,4-6,8,11,13-14,17,20,22-23,30,32,35,37,40,42-44,46-47,49-59H2,1-3H3/b10-7-,12-9-,18-15-,19-16-,24-21-,28-25-,29-26-,33-31-,34-27-,39-36-,41-38-,48-45-. The highest BCUT2D eigenvalue weighted by Gasteiger charge is 2.19. The van der Waals surface area contributed by atoms with Crippen molar-refractivity contribution in [3.05, 3.63) is 146 Å². The third-order valence-electron chi connectivity index (χ3n) is 10.9. The minimum atomic E-state index is -0.835. The number of hydrogen-bond donors (Lipinski definition) is 0. The Labute approximate surface area is 423 Å². The molecule has 0 amide bonds. The molecule has 1 atom stereocenters. The molecule has 0 aliphatic carbocycles. The SMILES string of the molecule is CC\C=C/C=C\C=C/C=C\CCCCCCCC(=O)OCC(COC(=O)CCCCC/C=C\C/C=C\C/C=C\C/C=C\C/C=C\CC)OC(=O)CCC/C=C\C/C=C\C/C=C\CCCCCCCC. The second kappa shape index (κ2) is 55.9. The summed E-state index contributed by atoms with van der Waals surface area (Å²) in [7, 11) is 0. The smallest absolute Gasteiger partial charge is 0.306 e. The third kappa shape index (κ3) is 54.1. The lowest BCUT2D eigenvalue weighted by Gasteiger charge is -2.18. The molecular weight excluding hydrogens is 853 g/mol. The number of hydrogen-bond acceptors (Lipinski definition) is 6. The second-order valence-corrected chi connectivity index (χ2v) is 17.5. The van der Waals surface area contributed by atoms with Crippen LogP contribution in [-0.2, 0) is 28.6 Å². The van der Waals surface area contributed by atoms with Gasteiger partial charge in [0.1, 0.15) is 13.2 Å². The van der Waals surface area contributed by atoms with Crippen LogP contribution in [0, 0.1) is 0 Å². The summed E-state index contributed by atoms with van der Waals surface area (Å²) in [4.78, 5) is 38.1. The summed E-state index contributed by atoms with van der Waals surface area (Å²) < 4.78 is 16.7. The van der Waals surface area contributed by atoms with E-state index in [0.29, 0.717) is 19.3 Å². The lowest BCUT2D eigenvalue weighted by atomic mass is 10.1. The van der Waals surface area contributed by atoms with Gasteiger partial charge in [0, 0.05) is 19.3 Å². The van der Waals surface area contributed by atoms with E-state index in [2.05, 4.69) is 142 Å². The monoisotopic (exact) mass is 951 g/mol. The maximum atomic E-state index is 12.8. The quantitative estimate of drug-likeness (QED) is 0.0199. The first-order valence-corrected chi connectivity index (χ1v) is 27.4. The fourth-order valence-corrected chi connectivity index (χ4v) is 6.85. The number of carbonyl (C=O) groups excluding carboxylic acids is 3. The largest absolute Gasteiger partial charge is 0.462 e. The fourth-order valence-electron chi connectivity index (χ4n) is 6.85. The van der Waals surface area contributed by atoms with Crippen molar-refractivity contribution < 1.29 is 28.6 Å². The summed E-state index contributed by atoms with van der Waals surface area (Å²) in [5, 5.41) is 0. The van der Waals surface area contributed by atoms with Crippen LogP contribution in [0.2, 0.25) is 0 Å². The van der Waals surface area contributed by atoms with Gasteiger partial charge in [-0.15, -0.1) is 0 Å². The van der Waals surface area contributed by atoms with Crippen molar-refractivity contribution in [1.29, 1.82) is 0 Å². The highest BCUT2D eigenvalue weighted by atomic mass is 16.6. The van der Waals surface area contributed by atoms with Gasteiger partial charge in [0.05, 0.1) is 0 Å². The third-order valence-corrected chi connectivity index (χ3v) is 10.9. The van der Waals surface area contributed by atoms with Gasteiger partial charge in [-0.05, 0) is 116 Å². The van der Waals surface area contributed by atoms with Crippen molar-refractivity contribution in [3.8, 4) is 0 Å². The first kappa shape index (κ1) is 64.3. The van der Waals surface area contributed by atoms with Crippen LogP contribution < -0.4 is 0 Å². The average molecular weight is 951 g/mol. The Morgan fingerprint density at radius 3 is 1.12 bits per heavy atom. The predicted molar refractivity (Wildman–Crippen MR) is 297 cm³/mol. The molecule has 0 rings (SSSR count). The van der Waals surface area contributed by atoms with E-state index in [1.807, 2.05) is 24.3 Å². The van der Waals surface area contributed by atoms with Crippen LogP contribution in [0.1, 0.15) is 213 Å². The number of carbonyl (C=O) groups is 3. The lowest BCUT2D eigenvalue weighted by Crippen LogP contribution is -2.30. The summed E-state index contributed by atoms with van der Waals surface area (Å²) in [6.45, 7) is 6.27. The topological polar surface area (TPSA) is 78.9 Å². The highest BCUT2D eigenvalue weighted by Crippen LogP contribution is 2.12. The molecular formula is C63H98O6. The second-order valence-electron chi connectivity index (χ2n) is 17.5. The van der Waals surface area contributed by atoms with E-state index >= 15 is 0 Å². The molecule has 69 heavy (non-hydrogen) atoms.